The van der Waals surface area contributed by atoms with Crippen molar-refractivity contribution in [2.24, 2.45) is 0 Å². The van der Waals surface area contributed by atoms with E-state index in [-0.39, 0.29) is 5.25 Å². The summed E-state index contributed by atoms with van der Waals surface area (Å²) < 4.78 is 26.4. The predicted molar refractivity (Wildman–Crippen MR) is 64.0 cm³/mol. The van der Waals surface area contributed by atoms with Crippen LogP contribution in [0.1, 0.15) is 30.0 Å². The van der Waals surface area contributed by atoms with Gasteiger partial charge in [0.25, 0.3) is 0 Å². The van der Waals surface area contributed by atoms with E-state index in [0.29, 0.717) is 6.42 Å². The number of sulfonamides is 1. The first kappa shape index (κ1) is 11.2. The number of fused-ring (bicyclic) bond motifs is 1. The summed E-state index contributed by atoms with van der Waals surface area (Å²) in [5.74, 6) is 0. The zero-order valence-electron chi connectivity index (χ0n) is 9.33. The molecule has 0 spiro atoms. The molecule has 3 rings (SSSR count). The quantitative estimate of drug-likeness (QED) is 0.834. The predicted octanol–water partition coefficient (Wildman–Crippen LogP) is 0.727. The molecule has 1 fully saturated rings. The van der Waals surface area contributed by atoms with Gasteiger partial charge in [-0.25, -0.2) is 13.1 Å². The monoisotopic (exact) mass is 253 g/mol. The second kappa shape index (κ2) is 3.80. The van der Waals surface area contributed by atoms with Gasteiger partial charge in [-0.3, -0.25) is 0 Å². The fraction of sp³-hybridized carbons (Fsp3) is 0.500. The minimum Gasteiger partial charge on any atom is -0.391 e. The third-order valence-electron chi connectivity index (χ3n) is 3.46. The average Bonchev–Trinajstić information content (AvgIpc) is 3.07. The summed E-state index contributed by atoms with van der Waals surface area (Å²) in [5, 5.41) is 9.70. The van der Waals surface area contributed by atoms with Gasteiger partial charge in [-0.15, -0.1) is 0 Å². The third kappa shape index (κ3) is 1.99. The molecule has 0 saturated heterocycles. The van der Waals surface area contributed by atoms with E-state index in [9.17, 15) is 13.5 Å². The number of aliphatic hydroxyl groups is 1. The van der Waals surface area contributed by atoms with Crippen LogP contribution >= 0.6 is 0 Å². The van der Waals surface area contributed by atoms with Gasteiger partial charge >= 0.3 is 0 Å². The van der Waals surface area contributed by atoms with Gasteiger partial charge in [-0.2, -0.15) is 0 Å². The molecule has 0 heterocycles. The first-order chi connectivity index (χ1) is 8.08. The van der Waals surface area contributed by atoms with Crippen molar-refractivity contribution in [3.8, 4) is 0 Å². The maximum atomic E-state index is 11.9. The summed E-state index contributed by atoms with van der Waals surface area (Å²) in [7, 11) is -3.26. The van der Waals surface area contributed by atoms with Crippen molar-refractivity contribution >= 4 is 10.0 Å². The summed E-state index contributed by atoms with van der Waals surface area (Å²) >= 11 is 0. The van der Waals surface area contributed by atoms with Crippen molar-refractivity contribution < 1.29 is 13.5 Å². The van der Waals surface area contributed by atoms with Crippen LogP contribution < -0.4 is 4.72 Å². The zero-order valence-corrected chi connectivity index (χ0v) is 10.2. The standard InChI is InChI=1S/C12H15NO3S/c14-11-7-8-3-1-2-4-10(8)12(11)13-17(15,16)9-5-6-9/h1-4,9,11-14H,5-7H2/t11-,12+/m1/s1. The molecule has 0 bridgehead atoms. The van der Waals surface area contributed by atoms with E-state index in [4.69, 9.17) is 0 Å². The fourth-order valence-electron chi connectivity index (χ4n) is 2.37. The molecule has 1 aromatic carbocycles. The van der Waals surface area contributed by atoms with Crippen LogP contribution in [0.4, 0.5) is 0 Å². The Kier molecular flexibility index (Phi) is 2.50. The number of rotatable bonds is 3. The Hall–Kier alpha value is -0.910. The first-order valence-electron chi connectivity index (χ1n) is 5.85. The highest BCUT2D eigenvalue weighted by Crippen LogP contribution is 2.34. The van der Waals surface area contributed by atoms with Gasteiger partial charge < -0.3 is 5.11 Å². The van der Waals surface area contributed by atoms with Gasteiger partial charge in [-0.05, 0) is 24.0 Å². The van der Waals surface area contributed by atoms with Gasteiger partial charge in [0, 0.05) is 6.42 Å². The maximum absolute atomic E-state index is 11.9. The van der Waals surface area contributed by atoms with Crippen LogP contribution in [0.25, 0.3) is 0 Å². The molecule has 4 nitrogen and oxygen atoms in total. The number of aliphatic hydroxyl groups excluding tert-OH is 1. The van der Waals surface area contributed by atoms with Crippen molar-refractivity contribution in [3.63, 3.8) is 0 Å². The molecule has 5 heteroatoms. The van der Waals surface area contributed by atoms with Crippen molar-refractivity contribution in [2.75, 3.05) is 0 Å². The van der Waals surface area contributed by atoms with Crippen LogP contribution in [0.15, 0.2) is 24.3 Å². The van der Waals surface area contributed by atoms with E-state index in [1.54, 1.807) is 0 Å². The molecule has 0 radical (unpaired) electrons. The summed E-state index contributed by atoms with van der Waals surface area (Å²) in [5.41, 5.74) is 1.94. The molecule has 0 aliphatic heterocycles. The molecule has 2 N–H and O–H groups in total. The highest BCUT2D eigenvalue weighted by atomic mass is 32.2. The Balaban J connectivity index is 1.88. The molecular formula is C12H15NO3S. The number of hydrogen-bond donors (Lipinski definition) is 2. The fourth-order valence-corrected chi connectivity index (χ4v) is 3.95. The molecule has 0 unspecified atom stereocenters. The molecule has 1 aromatic rings. The largest absolute Gasteiger partial charge is 0.391 e. The summed E-state index contributed by atoms with van der Waals surface area (Å²) in [4.78, 5) is 0. The first-order valence-corrected chi connectivity index (χ1v) is 7.39. The van der Waals surface area contributed by atoms with E-state index >= 15 is 0 Å². The Morgan fingerprint density at radius 1 is 1.24 bits per heavy atom. The molecular weight excluding hydrogens is 238 g/mol. The van der Waals surface area contributed by atoms with Crippen LogP contribution in [0.3, 0.4) is 0 Å². The minimum absolute atomic E-state index is 0.248. The van der Waals surface area contributed by atoms with Gasteiger partial charge in [-0.1, -0.05) is 24.3 Å². The molecule has 0 amide bonds. The highest BCUT2D eigenvalue weighted by molar-refractivity contribution is 7.90. The number of nitrogens with one attached hydrogen (secondary N) is 1. The van der Waals surface area contributed by atoms with E-state index in [0.717, 1.165) is 24.0 Å². The SMILES string of the molecule is O=S(=O)(N[C@H]1c2ccccc2C[C@H]1O)C1CC1. The van der Waals surface area contributed by atoms with Crippen LogP contribution in [0.5, 0.6) is 0 Å². The summed E-state index contributed by atoms with van der Waals surface area (Å²) in [6, 6.07) is 7.12. The molecule has 2 aliphatic carbocycles. The Morgan fingerprint density at radius 2 is 1.94 bits per heavy atom. The lowest BCUT2D eigenvalue weighted by molar-refractivity contribution is 0.151. The lowest BCUT2D eigenvalue weighted by atomic mass is 10.1. The second-order valence-corrected chi connectivity index (χ2v) is 6.80. The van der Waals surface area contributed by atoms with E-state index in [2.05, 4.69) is 4.72 Å². The van der Waals surface area contributed by atoms with Crippen LogP contribution in [0.2, 0.25) is 0 Å². The normalized spacial score (nSPS) is 28.1. The Morgan fingerprint density at radius 3 is 2.65 bits per heavy atom. The number of benzene rings is 1. The lowest BCUT2D eigenvalue weighted by Crippen LogP contribution is -2.35. The van der Waals surface area contributed by atoms with Crippen molar-refractivity contribution in [3.05, 3.63) is 35.4 Å². The molecule has 1 saturated carbocycles. The highest BCUT2D eigenvalue weighted by Gasteiger charge is 2.40. The zero-order chi connectivity index (χ0) is 12.0. The van der Waals surface area contributed by atoms with E-state index < -0.39 is 22.2 Å². The molecule has 92 valence electrons. The summed E-state index contributed by atoms with van der Waals surface area (Å²) in [6.45, 7) is 0. The lowest BCUT2D eigenvalue weighted by Gasteiger charge is -2.17. The smallest absolute Gasteiger partial charge is 0.215 e. The van der Waals surface area contributed by atoms with Gasteiger partial charge in [0.15, 0.2) is 0 Å². The number of hydrogen-bond acceptors (Lipinski definition) is 3. The Bertz CT molecular complexity index is 536. The van der Waals surface area contributed by atoms with Gasteiger partial charge in [0.1, 0.15) is 0 Å². The van der Waals surface area contributed by atoms with Crippen LogP contribution in [-0.2, 0) is 16.4 Å². The van der Waals surface area contributed by atoms with Crippen LogP contribution in [0, 0.1) is 0 Å². The third-order valence-corrected chi connectivity index (χ3v) is 5.39. The summed E-state index contributed by atoms with van der Waals surface area (Å²) in [6.07, 6.45) is 1.34. The maximum Gasteiger partial charge on any atom is 0.215 e. The second-order valence-electron chi connectivity index (χ2n) is 4.81. The van der Waals surface area contributed by atoms with Crippen LogP contribution in [-0.4, -0.2) is 24.9 Å². The van der Waals surface area contributed by atoms with Gasteiger partial charge in [0.05, 0.1) is 17.4 Å². The Labute approximate surface area is 101 Å². The average molecular weight is 253 g/mol. The molecule has 2 aliphatic rings. The molecule has 2 atom stereocenters. The topological polar surface area (TPSA) is 66.4 Å². The molecule has 17 heavy (non-hydrogen) atoms. The van der Waals surface area contributed by atoms with Crippen molar-refractivity contribution in [2.45, 2.75) is 36.7 Å². The van der Waals surface area contributed by atoms with E-state index in [1.807, 2.05) is 24.3 Å². The van der Waals surface area contributed by atoms with E-state index in [1.165, 1.54) is 0 Å². The molecule has 0 aromatic heterocycles. The van der Waals surface area contributed by atoms with Crippen molar-refractivity contribution in [1.82, 2.24) is 4.72 Å². The van der Waals surface area contributed by atoms with Crippen molar-refractivity contribution in [1.29, 1.82) is 0 Å². The van der Waals surface area contributed by atoms with Gasteiger partial charge in [0.2, 0.25) is 10.0 Å². The minimum atomic E-state index is -3.26.